The SMILES string of the molecule is COc1ccc(CC(=O)NC2CN(c3ccnc4ccnn34)C2)cc1. The molecule has 1 fully saturated rings. The number of carbonyl (C=O) groups excluding carboxylic acids is 1. The Morgan fingerprint density at radius 3 is 2.76 bits per heavy atom. The lowest BCUT2D eigenvalue weighted by molar-refractivity contribution is -0.121. The zero-order valence-corrected chi connectivity index (χ0v) is 13.9. The van der Waals surface area contributed by atoms with Gasteiger partial charge in [0, 0.05) is 25.4 Å². The minimum Gasteiger partial charge on any atom is -0.497 e. The zero-order valence-electron chi connectivity index (χ0n) is 13.9. The summed E-state index contributed by atoms with van der Waals surface area (Å²) in [6.07, 6.45) is 3.89. The normalized spacial score (nSPS) is 14.4. The number of ether oxygens (including phenoxy) is 1. The second kappa shape index (κ2) is 6.43. The van der Waals surface area contributed by atoms with Gasteiger partial charge in [-0.3, -0.25) is 4.79 Å². The second-order valence-corrected chi connectivity index (χ2v) is 6.10. The molecule has 7 nitrogen and oxygen atoms in total. The quantitative estimate of drug-likeness (QED) is 0.759. The Morgan fingerprint density at radius 2 is 2.00 bits per heavy atom. The van der Waals surface area contributed by atoms with Crippen LogP contribution in [0.5, 0.6) is 5.75 Å². The van der Waals surface area contributed by atoms with E-state index >= 15 is 0 Å². The molecule has 1 amide bonds. The molecule has 0 bridgehead atoms. The molecular weight excluding hydrogens is 318 g/mol. The van der Waals surface area contributed by atoms with Crippen LogP contribution in [0.15, 0.2) is 48.8 Å². The topological polar surface area (TPSA) is 71.8 Å². The molecule has 0 spiro atoms. The van der Waals surface area contributed by atoms with Gasteiger partial charge in [-0.1, -0.05) is 12.1 Å². The summed E-state index contributed by atoms with van der Waals surface area (Å²) in [4.78, 5) is 18.6. The molecule has 0 radical (unpaired) electrons. The van der Waals surface area contributed by atoms with E-state index in [4.69, 9.17) is 4.74 Å². The molecule has 4 rings (SSSR count). The Kier molecular flexibility index (Phi) is 3.97. The molecule has 25 heavy (non-hydrogen) atoms. The van der Waals surface area contributed by atoms with Gasteiger partial charge in [0.2, 0.25) is 5.91 Å². The predicted molar refractivity (Wildman–Crippen MR) is 93.8 cm³/mol. The predicted octanol–water partition coefficient (Wildman–Crippen LogP) is 1.29. The van der Waals surface area contributed by atoms with Crippen LogP contribution in [0.1, 0.15) is 5.56 Å². The van der Waals surface area contributed by atoms with Crippen LogP contribution >= 0.6 is 0 Å². The minimum absolute atomic E-state index is 0.0359. The Labute approximate surface area is 145 Å². The lowest BCUT2D eigenvalue weighted by Gasteiger charge is -2.40. The van der Waals surface area contributed by atoms with Crippen LogP contribution in [-0.2, 0) is 11.2 Å². The number of benzene rings is 1. The van der Waals surface area contributed by atoms with Crippen molar-refractivity contribution in [1.82, 2.24) is 19.9 Å². The molecule has 0 aliphatic carbocycles. The number of aromatic nitrogens is 3. The number of rotatable bonds is 5. The first-order chi connectivity index (χ1) is 12.2. The zero-order chi connectivity index (χ0) is 17.2. The van der Waals surface area contributed by atoms with Crippen LogP contribution in [0.4, 0.5) is 5.82 Å². The number of methoxy groups -OCH3 is 1. The van der Waals surface area contributed by atoms with E-state index in [1.165, 1.54) is 0 Å². The fraction of sp³-hybridized carbons (Fsp3) is 0.278. The number of fused-ring (bicyclic) bond motifs is 1. The number of nitrogens with one attached hydrogen (secondary N) is 1. The average molecular weight is 337 g/mol. The molecule has 1 aromatic carbocycles. The third-order valence-corrected chi connectivity index (χ3v) is 4.36. The first kappa shape index (κ1) is 15.4. The molecule has 2 aromatic heterocycles. The molecular formula is C18H19N5O2. The maximum absolute atomic E-state index is 12.2. The summed E-state index contributed by atoms with van der Waals surface area (Å²) in [5, 5.41) is 7.37. The Hall–Kier alpha value is -3.09. The third-order valence-electron chi connectivity index (χ3n) is 4.36. The van der Waals surface area contributed by atoms with Crippen LogP contribution in [-0.4, -0.2) is 46.7 Å². The highest BCUT2D eigenvalue weighted by molar-refractivity contribution is 5.79. The van der Waals surface area contributed by atoms with E-state index in [0.717, 1.165) is 35.9 Å². The summed E-state index contributed by atoms with van der Waals surface area (Å²) in [5.41, 5.74) is 1.80. The van der Waals surface area contributed by atoms with Crippen molar-refractivity contribution in [3.63, 3.8) is 0 Å². The van der Waals surface area contributed by atoms with E-state index < -0.39 is 0 Å². The highest BCUT2D eigenvalue weighted by Gasteiger charge is 2.29. The van der Waals surface area contributed by atoms with E-state index in [1.54, 1.807) is 19.5 Å². The first-order valence-electron chi connectivity index (χ1n) is 8.19. The monoisotopic (exact) mass is 337 g/mol. The number of hydrogen-bond donors (Lipinski definition) is 1. The molecule has 1 aliphatic rings. The lowest BCUT2D eigenvalue weighted by atomic mass is 10.1. The molecule has 0 unspecified atom stereocenters. The molecule has 7 heteroatoms. The van der Waals surface area contributed by atoms with Gasteiger partial charge in [0.05, 0.1) is 25.8 Å². The van der Waals surface area contributed by atoms with Crippen molar-refractivity contribution >= 4 is 17.4 Å². The molecule has 3 heterocycles. The van der Waals surface area contributed by atoms with E-state index in [2.05, 4.69) is 20.3 Å². The van der Waals surface area contributed by atoms with Crippen LogP contribution in [0, 0.1) is 0 Å². The molecule has 0 saturated carbocycles. The number of hydrogen-bond acceptors (Lipinski definition) is 5. The number of carbonyl (C=O) groups is 1. The van der Waals surface area contributed by atoms with Gasteiger partial charge < -0.3 is 15.0 Å². The second-order valence-electron chi connectivity index (χ2n) is 6.10. The highest BCUT2D eigenvalue weighted by Crippen LogP contribution is 2.21. The summed E-state index contributed by atoms with van der Waals surface area (Å²) in [6, 6.07) is 11.5. The fourth-order valence-electron chi connectivity index (χ4n) is 3.03. The maximum atomic E-state index is 12.2. The van der Waals surface area contributed by atoms with E-state index in [9.17, 15) is 4.79 Å². The third kappa shape index (κ3) is 3.13. The Morgan fingerprint density at radius 1 is 1.20 bits per heavy atom. The van der Waals surface area contributed by atoms with E-state index in [-0.39, 0.29) is 11.9 Å². The number of nitrogens with zero attached hydrogens (tertiary/aromatic N) is 4. The lowest BCUT2D eigenvalue weighted by Crippen LogP contribution is -2.60. The van der Waals surface area contributed by atoms with Gasteiger partial charge in [-0.05, 0) is 23.8 Å². The fourth-order valence-corrected chi connectivity index (χ4v) is 3.03. The van der Waals surface area contributed by atoms with Gasteiger partial charge in [0.15, 0.2) is 5.65 Å². The van der Waals surface area contributed by atoms with E-state index in [0.29, 0.717) is 6.42 Å². The largest absolute Gasteiger partial charge is 0.497 e. The smallest absolute Gasteiger partial charge is 0.224 e. The average Bonchev–Trinajstić information content (AvgIpc) is 3.07. The Bertz CT molecular complexity index is 884. The molecule has 128 valence electrons. The number of amides is 1. The van der Waals surface area contributed by atoms with Gasteiger partial charge in [0.25, 0.3) is 0 Å². The summed E-state index contributed by atoms with van der Waals surface area (Å²) < 4.78 is 6.94. The molecule has 3 aromatic rings. The summed E-state index contributed by atoms with van der Waals surface area (Å²) in [5.74, 6) is 1.82. The summed E-state index contributed by atoms with van der Waals surface area (Å²) in [6.45, 7) is 1.54. The van der Waals surface area contributed by atoms with Crippen molar-refractivity contribution in [3.05, 3.63) is 54.4 Å². The van der Waals surface area contributed by atoms with Gasteiger partial charge in [0.1, 0.15) is 11.6 Å². The molecule has 1 aliphatic heterocycles. The standard InChI is InChI=1S/C18H19N5O2/c1-25-15-4-2-13(3-5-15)10-17(24)21-14-11-22(12-14)18-7-8-19-16-6-9-20-23(16)18/h2-9,14H,10-12H2,1H3,(H,21,24). The van der Waals surface area contributed by atoms with Crippen molar-refractivity contribution in [2.24, 2.45) is 0 Å². The van der Waals surface area contributed by atoms with Crippen LogP contribution < -0.4 is 15.0 Å². The minimum atomic E-state index is 0.0359. The van der Waals surface area contributed by atoms with Gasteiger partial charge in [-0.15, -0.1) is 0 Å². The van der Waals surface area contributed by atoms with Crippen molar-refractivity contribution in [2.45, 2.75) is 12.5 Å². The van der Waals surface area contributed by atoms with Crippen molar-refractivity contribution in [3.8, 4) is 5.75 Å². The number of anilines is 1. The summed E-state index contributed by atoms with van der Waals surface area (Å²) >= 11 is 0. The van der Waals surface area contributed by atoms with Gasteiger partial charge >= 0.3 is 0 Å². The van der Waals surface area contributed by atoms with E-state index in [1.807, 2.05) is 40.9 Å². The van der Waals surface area contributed by atoms with Gasteiger partial charge in [-0.2, -0.15) is 9.61 Å². The Balaban J connectivity index is 1.32. The molecule has 1 N–H and O–H groups in total. The van der Waals surface area contributed by atoms with Crippen molar-refractivity contribution in [1.29, 1.82) is 0 Å². The van der Waals surface area contributed by atoms with Crippen molar-refractivity contribution in [2.75, 3.05) is 25.1 Å². The highest BCUT2D eigenvalue weighted by atomic mass is 16.5. The molecule has 1 saturated heterocycles. The summed E-state index contributed by atoms with van der Waals surface area (Å²) in [7, 11) is 1.63. The van der Waals surface area contributed by atoms with Crippen molar-refractivity contribution < 1.29 is 9.53 Å². The maximum Gasteiger partial charge on any atom is 0.224 e. The first-order valence-corrected chi connectivity index (χ1v) is 8.19. The van der Waals surface area contributed by atoms with Gasteiger partial charge in [-0.25, -0.2) is 4.98 Å². The van der Waals surface area contributed by atoms with Crippen LogP contribution in [0.2, 0.25) is 0 Å². The molecule has 0 atom stereocenters. The van der Waals surface area contributed by atoms with Crippen LogP contribution in [0.3, 0.4) is 0 Å². The van der Waals surface area contributed by atoms with Crippen LogP contribution in [0.25, 0.3) is 5.65 Å².